The highest BCUT2D eigenvalue weighted by molar-refractivity contribution is 6.31. The molecule has 2 N–H and O–H groups in total. The number of anilines is 2. The van der Waals surface area contributed by atoms with Gasteiger partial charge in [0.05, 0.1) is 11.4 Å². The maximum Gasteiger partial charge on any atom is 0.224 e. The molecule has 0 bridgehead atoms. The third-order valence-electron chi connectivity index (χ3n) is 3.52. The average Bonchev–Trinajstić information content (AvgIpc) is 2.50. The Morgan fingerprint density at radius 2 is 1.71 bits per heavy atom. The Hall–Kier alpha value is -1.59. The first kappa shape index (κ1) is 20.5. The first-order valence-electron chi connectivity index (χ1n) is 8.55. The molecule has 5 nitrogen and oxygen atoms in total. The topological polar surface area (TPSA) is 61.4 Å². The van der Waals surface area contributed by atoms with Crippen molar-refractivity contribution in [1.82, 2.24) is 4.90 Å². The first-order chi connectivity index (χ1) is 11.5. The van der Waals surface area contributed by atoms with Crippen LogP contribution in [0.3, 0.4) is 0 Å². The van der Waals surface area contributed by atoms with Crippen LogP contribution in [0.15, 0.2) is 18.2 Å². The van der Waals surface area contributed by atoms with Crippen molar-refractivity contribution in [2.75, 3.05) is 30.3 Å². The van der Waals surface area contributed by atoms with Gasteiger partial charge in [0.15, 0.2) is 0 Å². The Morgan fingerprint density at radius 3 is 2.29 bits per heavy atom. The molecule has 0 radical (unpaired) electrons. The molecule has 0 aliphatic carbocycles. The zero-order chi connectivity index (χ0) is 17.9. The fourth-order valence-corrected chi connectivity index (χ4v) is 2.73. The summed E-state index contributed by atoms with van der Waals surface area (Å²) < 4.78 is 0. The molecule has 0 aliphatic heterocycles. The van der Waals surface area contributed by atoms with Crippen LogP contribution in [0.1, 0.15) is 46.5 Å². The standard InChI is InChI=1S/C18H28ClN3O2/c1-4-10-22(11-5-2)12-6-7-18(24)21-17-13-15(19)8-9-16(17)20-14(3)23/h8-9,13H,4-7,10-12H2,1-3H3,(H,20,23)(H,21,24). The monoisotopic (exact) mass is 353 g/mol. The van der Waals surface area contributed by atoms with Crippen molar-refractivity contribution >= 4 is 34.8 Å². The summed E-state index contributed by atoms with van der Waals surface area (Å²) in [7, 11) is 0. The van der Waals surface area contributed by atoms with Gasteiger partial charge in [-0.1, -0.05) is 25.4 Å². The molecule has 0 heterocycles. The van der Waals surface area contributed by atoms with E-state index in [2.05, 4.69) is 29.4 Å². The molecule has 1 aromatic rings. The van der Waals surface area contributed by atoms with E-state index in [1.165, 1.54) is 6.92 Å². The molecule has 0 unspecified atom stereocenters. The highest BCUT2D eigenvalue weighted by Crippen LogP contribution is 2.26. The third-order valence-corrected chi connectivity index (χ3v) is 3.76. The zero-order valence-corrected chi connectivity index (χ0v) is 15.6. The Labute approximate surface area is 149 Å². The van der Waals surface area contributed by atoms with E-state index in [4.69, 9.17) is 11.6 Å². The number of halogens is 1. The van der Waals surface area contributed by atoms with Crippen molar-refractivity contribution in [3.63, 3.8) is 0 Å². The van der Waals surface area contributed by atoms with Gasteiger partial charge in [0.2, 0.25) is 11.8 Å². The molecule has 1 rings (SSSR count). The summed E-state index contributed by atoms with van der Waals surface area (Å²) in [5.41, 5.74) is 1.08. The SMILES string of the molecule is CCCN(CCC)CCCC(=O)Nc1cc(Cl)ccc1NC(C)=O. The lowest BCUT2D eigenvalue weighted by molar-refractivity contribution is -0.116. The number of amides is 2. The van der Waals surface area contributed by atoms with E-state index < -0.39 is 0 Å². The van der Waals surface area contributed by atoms with Gasteiger partial charge >= 0.3 is 0 Å². The molecule has 0 fully saturated rings. The minimum Gasteiger partial charge on any atom is -0.325 e. The number of nitrogens with zero attached hydrogens (tertiary/aromatic N) is 1. The van der Waals surface area contributed by atoms with Crippen LogP contribution in [0, 0.1) is 0 Å². The highest BCUT2D eigenvalue weighted by atomic mass is 35.5. The minimum atomic E-state index is -0.192. The second-order valence-electron chi connectivity index (χ2n) is 5.86. The number of hydrogen-bond donors (Lipinski definition) is 2. The summed E-state index contributed by atoms with van der Waals surface area (Å²) in [6.07, 6.45) is 3.49. The average molecular weight is 354 g/mol. The molecule has 0 atom stereocenters. The van der Waals surface area contributed by atoms with Crippen LogP contribution in [-0.2, 0) is 9.59 Å². The smallest absolute Gasteiger partial charge is 0.224 e. The maximum absolute atomic E-state index is 12.2. The summed E-state index contributed by atoms with van der Waals surface area (Å²) in [6, 6.07) is 5.00. The van der Waals surface area contributed by atoms with Gasteiger partial charge in [-0.25, -0.2) is 0 Å². The molecule has 2 amide bonds. The van der Waals surface area contributed by atoms with Crippen LogP contribution < -0.4 is 10.6 Å². The number of carbonyl (C=O) groups is 2. The Morgan fingerprint density at radius 1 is 1.04 bits per heavy atom. The second kappa shape index (κ2) is 11.0. The molecule has 6 heteroatoms. The summed E-state index contributed by atoms with van der Waals surface area (Å²) in [5, 5.41) is 6.04. The van der Waals surface area contributed by atoms with Gasteiger partial charge in [-0.3, -0.25) is 9.59 Å². The van der Waals surface area contributed by atoms with Gasteiger partial charge in [0, 0.05) is 18.4 Å². The molecule has 0 saturated heterocycles. The van der Waals surface area contributed by atoms with Crippen LogP contribution in [0.25, 0.3) is 0 Å². The molecular weight excluding hydrogens is 326 g/mol. The van der Waals surface area contributed by atoms with Gasteiger partial charge in [-0.15, -0.1) is 0 Å². The predicted molar refractivity (Wildman–Crippen MR) is 101 cm³/mol. The van der Waals surface area contributed by atoms with Crippen LogP contribution in [-0.4, -0.2) is 36.3 Å². The van der Waals surface area contributed by atoms with Crippen molar-refractivity contribution in [2.45, 2.75) is 46.5 Å². The second-order valence-corrected chi connectivity index (χ2v) is 6.30. The third kappa shape index (κ3) is 7.79. The Kier molecular flexibility index (Phi) is 9.42. The summed E-state index contributed by atoms with van der Waals surface area (Å²) in [6.45, 7) is 8.81. The van der Waals surface area contributed by atoms with E-state index in [-0.39, 0.29) is 11.8 Å². The molecule has 0 aliphatic rings. The normalized spacial score (nSPS) is 10.7. The van der Waals surface area contributed by atoms with E-state index >= 15 is 0 Å². The number of benzene rings is 1. The van der Waals surface area contributed by atoms with Crippen LogP contribution in [0.4, 0.5) is 11.4 Å². The van der Waals surface area contributed by atoms with Crippen LogP contribution >= 0.6 is 11.6 Å². The van der Waals surface area contributed by atoms with Crippen molar-refractivity contribution in [3.8, 4) is 0 Å². The van der Waals surface area contributed by atoms with Gasteiger partial charge < -0.3 is 15.5 Å². The zero-order valence-electron chi connectivity index (χ0n) is 14.8. The molecular formula is C18H28ClN3O2. The molecule has 24 heavy (non-hydrogen) atoms. The van der Waals surface area contributed by atoms with Crippen molar-refractivity contribution in [3.05, 3.63) is 23.2 Å². The Balaban J connectivity index is 2.55. The van der Waals surface area contributed by atoms with E-state index in [0.29, 0.717) is 22.8 Å². The van der Waals surface area contributed by atoms with Crippen LogP contribution in [0.5, 0.6) is 0 Å². The lowest BCUT2D eigenvalue weighted by atomic mass is 10.2. The number of nitrogens with one attached hydrogen (secondary N) is 2. The van der Waals surface area contributed by atoms with Gasteiger partial charge in [-0.2, -0.15) is 0 Å². The summed E-state index contributed by atoms with van der Waals surface area (Å²) >= 11 is 5.98. The van der Waals surface area contributed by atoms with Crippen molar-refractivity contribution < 1.29 is 9.59 Å². The molecule has 1 aromatic carbocycles. The predicted octanol–water partition coefficient (Wildman–Crippen LogP) is 4.14. The largest absolute Gasteiger partial charge is 0.325 e. The number of rotatable bonds is 10. The van der Waals surface area contributed by atoms with Crippen LogP contribution in [0.2, 0.25) is 5.02 Å². The van der Waals surface area contributed by atoms with E-state index in [9.17, 15) is 9.59 Å². The molecule has 0 spiro atoms. The fourth-order valence-electron chi connectivity index (χ4n) is 2.56. The number of carbonyl (C=O) groups excluding carboxylic acids is 2. The quantitative estimate of drug-likeness (QED) is 0.664. The Bertz CT molecular complexity index is 543. The fraction of sp³-hybridized carbons (Fsp3) is 0.556. The lowest BCUT2D eigenvalue weighted by Gasteiger charge is -2.20. The van der Waals surface area contributed by atoms with Crippen molar-refractivity contribution in [2.24, 2.45) is 0 Å². The van der Waals surface area contributed by atoms with Gasteiger partial charge in [0.25, 0.3) is 0 Å². The number of hydrogen-bond acceptors (Lipinski definition) is 3. The first-order valence-corrected chi connectivity index (χ1v) is 8.93. The molecule has 134 valence electrons. The van der Waals surface area contributed by atoms with E-state index in [1.807, 2.05) is 0 Å². The lowest BCUT2D eigenvalue weighted by Crippen LogP contribution is -2.27. The maximum atomic E-state index is 12.2. The van der Waals surface area contributed by atoms with Gasteiger partial charge in [-0.05, 0) is 57.1 Å². The van der Waals surface area contributed by atoms with E-state index in [1.54, 1.807) is 18.2 Å². The summed E-state index contributed by atoms with van der Waals surface area (Å²) in [5.74, 6) is -0.264. The molecule has 0 aromatic heterocycles. The minimum absolute atomic E-state index is 0.0724. The molecule has 0 saturated carbocycles. The highest BCUT2D eigenvalue weighted by Gasteiger charge is 2.10. The van der Waals surface area contributed by atoms with Crippen molar-refractivity contribution in [1.29, 1.82) is 0 Å². The summed E-state index contributed by atoms with van der Waals surface area (Å²) in [4.78, 5) is 25.8. The van der Waals surface area contributed by atoms with Gasteiger partial charge in [0.1, 0.15) is 0 Å². The van der Waals surface area contributed by atoms with E-state index in [0.717, 1.165) is 38.9 Å².